The molecule has 10 heteroatoms. The monoisotopic (exact) mass is 515 g/mol. The van der Waals surface area contributed by atoms with E-state index in [-0.39, 0.29) is 19.0 Å². The molecule has 0 fully saturated rings. The number of aromatic amines is 1. The number of benzene rings is 3. The Balaban J connectivity index is 0.00000280. The summed E-state index contributed by atoms with van der Waals surface area (Å²) >= 11 is 0. The molecule has 5 aromatic rings. The van der Waals surface area contributed by atoms with Gasteiger partial charge in [-0.25, -0.2) is 9.67 Å². The van der Waals surface area contributed by atoms with Gasteiger partial charge in [0, 0.05) is 17.7 Å². The average Bonchev–Trinajstić information content (AvgIpc) is 3.69. The molecule has 1 aliphatic heterocycles. The van der Waals surface area contributed by atoms with Crippen molar-refractivity contribution in [3.05, 3.63) is 89.7 Å². The van der Waals surface area contributed by atoms with Crippen molar-refractivity contribution in [3.8, 4) is 22.9 Å². The van der Waals surface area contributed by atoms with Crippen LogP contribution in [0.4, 0.5) is 0 Å². The van der Waals surface area contributed by atoms with Gasteiger partial charge in [-0.2, -0.15) is 0 Å². The smallest absolute Gasteiger partial charge is 0.161 e. The van der Waals surface area contributed by atoms with E-state index in [4.69, 9.17) is 14.5 Å². The fourth-order valence-electron chi connectivity index (χ4n) is 4.22. The first kappa shape index (κ1) is 24.3. The van der Waals surface area contributed by atoms with Crippen molar-refractivity contribution in [2.24, 2.45) is 4.99 Å². The third-order valence-corrected chi connectivity index (χ3v) is 6.02. The lowest BCUT2D eigenvalue weighted by atomic mass is 10.2. The number of hydrogen-bond acceptors (Lipinski definition) is 7. The Labute approximate surface area is 220 Å². The van der Waals surface area contributed by atoms with E-state index >= 15 is 0 Å². The zero-order chi connectivity index (χ0) is 24.3. The first-order chi connectivity index (χ1) is 17.7. The number of fused-ring (bicyclic) bond motifs is 1. The van der Waals surface area contributed by atoms with Crippen molar-refractivity contribution >= 4 is 29.3 Å². The van der Waals surface area contributed by atoms with E-state index in [1.165, 1.54) is 0 Å². The number of methoxy groups -OCH3 is 1. The number of amidine groups is 1. The third-order valence-electron chi connectivity index (χ3n) is 6.02. The number of halogens is 1. The minimum absolute atomic E-state index is 0. The van der Waals surface area contributed by atoms with E-state index in [1.54, 1.807) is 11.8 Å². The van der Waals surface area contributed by atoms with Crippen LogP contribution in [0.2, 0.25) is 0 Å². The topological polar surface area (TPSA) is 102 Å². The molecule has 0 atom stereocenters. The molecule has 2 N–H and O–H groups in total. The van der Waals surface area contributed by atoms with E-state index in [0.29, 0.717) is 18.0 Å². The second-order valence-corrected chi connectivity index (χ2v) is 8.52. The number of imidazole rings is 1. The molecule has 0 saturated carbocycles. The van der Waals surface area contributed by atoms with Crippen molar-refractivity contribution in [3.63, 3.8) is 0 Å². The molecule has 0 spiro atoms. The van der Waals surface area contributed by atoms with Gasteiger partial charge in [-0.3, -0.25) is 4.99 Å². The van der Waals surface area contributed by atoms with Gasteiger partial charge in [0.2, 0.25) is 0 Å². The molecule has 0 aliphatic carbocycles. The number of nitrogens with one attached hydrogen (secondary N) is 2. The first-order valence-corrected chi connectivity index (χ1v) is 11.8. The van der Waals surface area contributed by atoms with E-state index in [1.807, 2.05) is 54.7 Å². The predicted molar refractivity (Wildman–Crippen MR) is 145 cm³/mol. The molecule has 3 heterocycles. The van der Waals surface area contributed by atoms with Crippen LogP contribution in [-0.2, 0) is 13.2 Å². The average molecular weight is 516 g/mol. The highest BCUT2D eigenvalue weighted by atomic mass is 35.5. The van der Waals surface area contributed by atoms with E-state index in [2.05, 4.69) is 43.8 Å². The van der Waals surface area contributed by atoms with Gasteiger partial charge in [0.1, 0.15) is 24.0 Å². The summed E-state index contributed by atoms with van der Waals surface area (Å²) in [5.41, 5.74) is 5.71. The molecule has 0 saturated heterocycles. The summed E-state index contributed by atoms with van der Waals surface area (Å²) in [5.74, 6) is 2.94. The van der Waals surface area contributed by atoms with Crippen LogP contribution in [0.3, 0.4) is 0 Å². The van der Waals surface area contributed by atoms with Crippen LogP contribution >= 0.6 is 12.4 Å². The Morgan fingerprint density at radius 2 is 1.84 bits per heavy atom. The van der Waals surface area contributed by atoms with Crippen molar-refractivity contribution < 1.29 is 9.47 Å². The minimum Gasteiger partial charge on any atom is -0.493 e. The maximum Gasteiger partial charge on any atom is 0.161 e. The lowest BCUT2D eigenvalue weighted by molar-refractivity contribution is 0.280. The molecule has 3 aromatic carbocycles. The first-order valence-electron chi connectivity index (χ1n) is 11.8. The maximum absolute atomic E-state index is 6.01. The molecule has 2 aromatic heterocycles. The highest BCUT2D eigenvalue weighted by molar-refractivity contribution is 6.02. The van der Waals surface area contributed by atoms with Crippen LogP contribution in [-0.4, -0.2) is 51.0 Å². The highest BCUT2D eigenvalue weighted by Gasteiger charge is 2.14. The summed E-state index contributed by atoms with van der Waals surface area (Å²) in [6.45, 7) is 2.63. The van der Waals surface area contributed by atoms with Crippen LogP contribution in [0.1, 0.15) is 16.8 Å². The number of ether oxygens (including phenoxy) is 2. The molecule has 1 aliphatic rings. The van der Waals surface area contributed by atoms with E-state index in [9.17, 15) is 0 Å². The number of aromatic nitrogens is 5. The lowest BCUT2D eigenvalue weighted by Gasteiger charge is -2.10. The molecule has 0 bridgehead atoms. The largest absolute Gasteiger partial charge is 0.493 e. The second-order valence-electron chi connectivity index (χ2n) is 8.52. The Morgan fingerprint density at radius 1 is 0.973 bits per heavy atom. The van der Waals surface area contributed by atoms with Crippen LogP contribution in [0.5, 0.6) is 11.5 Å². The van der Waals surface area contributed by atoms with Crippen LogP contribution in [0.25, 0.3) is 22.4 Å². The van der Waals surface area contributed by atoms with Gasteiger partial charge in [-0.15, -0.1) is 17.5 Å². The highest BCUT2D eigenvalue weighted by Crippen LogP contribution is 2.33. The van der Waals surface area contributed by atoms with Crippen molar-refractivity contribution in [2.45, 2.75) is 13.2 Å². The number of hydrogen-bond donors (Lipinski definition) is 2. The van der Waals surface area contributed by atoms with Gasteiger partial charge in [0.25, 0.3) is 0 Å². The second kappa shape index (κ2) is 10.7. The fraction of sp³-hybridized carbons (Fsp3) is 0.185. The Bertz CT molecular complexity index is 1550. The summed E-state index contributed by atoms with van der Waals surface area (Å²) in [5, 5.41) is 11.7. The normalized spacial score (nSPS) is 12.6. The van der Waals surface area contributed by atoms with Gasteiger partial charge in [-0.1, -0.05) is 35.5 Å². The quantitative estimate of drug-likeness (QED) is 0.320. The Kier molecular flexibility index (Phi) is 7.04. The maximum atomic E-state index is 6.01. The molecule has 37 heavy (non-hydrogen) atoms. The van der Waals surface area contributed by atoms with Gasteiger partial charge in [0.05, 0.1) is 37.4 Å². The summed E-state index contributed by atoms with van der Waals surface area (Å²) in [6, 6.07) is 22.0. The van der Waals surface area contributed by atoms with Gasteiger partial charge in [-0.05, 0) is 42.0 Å². The number of nitrogens with zero attached hydrogens (tertiary/aromatic N) is 5. The fourth-order valence-corrected chi connectivity index (χ4v) is 4.22. The molecule has 9 nitrogen and oxygen atoms in total. The van der Waals surface area contributed by atoms with Crippen LogP contribution < -0.4 is 14.8 Å². The predicted octanol–water partition coefficient (Wildman–Crippen LogP) is 4.23. The van der Waals surface area contributed by atoms with Gasteiger partial charge < -0.3 is 19.8 Å². The Hall–Kier alpha value is -4.37. The van der Waals surface area contributed by atoms with Crippen molar-refractivity contribution in [1.82, 2.24) is 30.3 Å². The van der Waals surface area contributed by atoms with Crippen molar-refractivity contribution in [1.29, 1.82) is 0 Å². The standard InChI is InChI=1S/C27H25N7O2.ClH/c1-35-25-14-20(27-30-22-9-7-19(13-23(22)31-27)26-28-11-12-29-26)8-10-24(25)36-17-21-16-34(33-32-21)15-18-5-3-2-4-6-18;/h2-10,13-14,16H,11-12,15,17H2,1H3,(H,28,29)(H,30,31);1H. The van der Waals surface area contributed by atoms with Gasteiger partial charge in [0.15, 0.2) is 11.5 Å². The molecule has 0 unspecified atom stereocenters. The van der Waals surface area contributed by atoms with E-state index < -0.39 is 0 Å². The molecular formula is C27H26ClN7O2. The van der Waals surface area contributed by atoms with E-state index in [0.717, 1.165) is 58.2 Å². The molecular weight excluding hydrogens is 490 g/mol. The van der Waals surface area contributed by atoms with Crippen LogP contribution in [0, 0.1) is 0 Å². The summed E-state index contributed by atoms with van der Waals surface area (Å²) in [7, 11) is 1.63. The van der Waals surface area contributed by atoms with Gasteiger partial charge >= 0.3 is 0 Å². The summed E-state index contributed by atoms with van der Waals surface area (Å²) in [4.78, 5) is 12.7. The molecule has 0 radical (unpaired) electrons. The number of H-pyrrole nitrogens is 1. The zero-order valence-corrected chi connectivity index (χ0v) is 21.0. The third kappa shape index (κ3) is 5.26. The minimum atomic E-state index is 0. The lowest BCUT2D eigenvalue weighted by Crippen LogP contribution is -2.19. The number of aliphatic imine (C=N–C) groups is 1. The Morgan fingerprint density at radius 3 is 2.65 bits per heavy atom. The summed E-state index contributed by atoms with van der Waals surface area (Å²) < 4.78 is 13.4. The molecule has 6 rings (SSSR count). The zero-order valence-electron chi connectivity index (χ0n) is 20.2. The van der Waals surface area contributed by atoms with Crippen LogP contribution in [0.15, 0.2) is 77.9 Å². The molecule has 188 valence electrons. The SMILES string of the molecule is COc1cc(-c2nc3ccc(C4=NCCN4)cc3[nH]2)ccc1OCc1cn(Cc2ccccc2)nn1.Cl. The molecule has 0 amide bonds. The van der Waals surface area contributed by atoms with Crippen molar-refractivity contribution in [2.75, 3.05) is 20.2 Å². The summed E-state index contributed by atoms with van der Waals surface area (Å²) in [6.07, 6.45) is 1.89. The number of rotatable bonds is 8.